The number of amides is 1. The lowest BCUT2D eigenvalue weighted by Gasteiger charge is -2.30. The first-order valence-electron chi connectivity index (χ1n) is 6.69. The molecule has 0 aliphatic heterocycles. The SMILES string of the molecule is C[N+](C)(c1ccc(C(=O)Nc2ccc(Cl)c(Cl)c2)cc1)S(=O)(=O)[O-]. The van der Waals surface area contributed by atoms with Crippen molar-refractivity contribution in [3.05, 3.63) is 58.1 Å². The van der Waals surface area contributed by atoms with Crippen molar-refractivity contribution >= 4 is 50.8 Å². The molecule has 2 aromatic rings. The molecule has 0 aromatic heterocycles. The molecule has 2 aromatic carbocycles. The van der Waals surface area contributed by atoms with Crippen molar-refractivity contribution in [2.45, 2.75) is 0 Å². The topological polar surface area (TPSA) is 86.3 Å². The van der Waals surface area contributed by atoms with E-state index in [1.54, 1.807) is 12.1 Å². The highest BCUT2D eigenvalue weighted by Crippen LogP contribution is 2.26. The van der Waals surface area contributed by atoms with Gasteiger partial charge in [-0.1, -0.05) is 23.2 Å². The molecule has 0 bridgehead atoms. The van der Waals surface area contributed by atoms with Gasteiger partial charge in [-0.3, -0.25) is 4.79 Å². The van der Waals surface area contributed by atoms with Gasteiger partial charge in [-0.2, -0.15) is 8.42 Å². The average Bonchev–Trinajstić information content (AvgIpc) is 2.50. The lowest BCUT2D eigenvalue weighted by molar-refractivity contribution is 0.102. The van der Waals surface area contributed by atoms with E-state index in [4.69, 9.17) is 23.2 Å². The summed E-state index contributed by atoms with van der Waals surface area (Å²) >= 11 is 11.7. The number of carbonyl (C=O) groups is 1. The number of nitrogens with one attached hydrogen (secondary N) is 1. The van der Waals surface area contributed by atoms with Crippen LogP contribution in [0.3, 0.4) is 0 Å². The number of nitrogens with zero attached hydrogens (tertiary/aromatic N) is 1. The first-order valence-corrected chi connectivity index (χ1v) is 8.81. The normalized spacial score (nSPS) is 12.0. The maximum absolute atomic E-state index is 12.2. The number of hydrogen-bond acceptors (Lipinski definition) is 4. The molecule has 0 unspecified atom stereocenters. The minimum absolute atomic E-state index is 0.246. The Morgan fingerprint density at radius 1 is 1.04 bits per heavy atom. The molecule has 6 nitrogen and oxygen atoms in total. The van der Waals surface area contributed by atoms with E-state index in [0.29, 0.717) is 21.3 Å². The third-order valence-corrected chi connectivity index (χ3v) is 5.56. The van der Waals surface area contributed by atoms with Crippen molar-refractivity contribution in [2.75, 3.05) is 19.4 Å². The fraction of sp³-hybridized carbons (Fsp3) is 0.133. The van der Waals surface area contributed by atoms with Gasteiger partial charge >= 0.3 is 0 Å². The Bertz CT molecular complexity index is 881. The van der Waals surface area contributed by atoms with Crippen molar-refractivity contribution in [1.82, 2.24) is 3.89 Å². The summed E-state index contributed by atoms with van der Waals surface area (Å²) in [6.07, 6.45) is 0. The predicted octanol–water partition coefficient (Wildman–Crippen LogP) is 3.27. The van der Waals surface area contributed by atoms with Crippen molar-refractivity contribution in [3.63, 3.8) is 0 Å². The minimum Gasteiger partial charge on any atom is -0.701 e. The smallest absolute Gasteiger partial charge is 0.258 e. The van der Waals surface area contributed by atoms with Crippen molar-refractivity contribution in [3.8, 4) is 0 Å². The molecule has 0 atom stereocenters. The fourth-order valence-electron chi connectivity index (χ4n) is 1.88. The Labute approximate surface area is 150 Å². The molecule has 0 saturated carbocycles. The highest BCUT2D eigenvalue weighted by Gasteiger charge is 2.27. The molecule has 9 heteroatoms. The van der Waals surface area contributed by atoms with E-state index >= 15 is 0 Å². The molecule has 128 valence electrons. The average molecular weight is 389 g/mol. The summed E-state index contributed by atoms with van der Waals surface area (Å²) in [6, 6.07) is 10.4. The molecular weight excluding hydrogens is 375 g/mol. The number of quaternary nitrogens is 1. The molecule has 0 fully saturated rings. The van der Waals surface area contributed by atoms with Crippen molar-refractivity contribution in [2.24, 2.45) is 0 Å². The molecular formula is C15H14Cl2N2O4S. The monoisotopic (exact) mass is 388 g/mol. The first-order chi connectivity index (χ1) is 11.0. The van der Waals surface area contributed by atoms with Crippen LogP contribution in [0.2, 0.25) is 10.0 Å². The van der Waals surface area contributed by atoms with Crippen LogP contribution in [0, 0.1) is 0 Å². The number of carbonyl (C=O) groups excluding carboxylic acids is 1. The largest absolute Gasteiger partial charge is 0.701 e. The van der Waals surface area contributed by atoms with Crippen LogP contribution in [0.4, 0.5) is 11.4 Å². The molecule has 0 radical (unpaired) electrons. The Morgan fingerprint density at radius 2 is 1.62 bits per heavy atom. The molecule has 0 saturated heterocycles. The van der Waals surface area contributed by atoms with E-state index in [2.05, 4.69) is 5.32 Å². The summed E-state index contributed by atoms with van der Waals surface area (Å²) in [5.74, 6) is -0.407. The fourth-order valence-corrected chi connectivity index (χ4v) is 2.56. The summed E-state index contributed by atoms with van der Waals surface area (Å²) < 4.78 is 33.0. The third-order valence-electron chi connectivity index (χ3n) is 3.49. The molecule has 1 amide bonds. The lowest BCUT2D eigenvalue weighted by Crippen LogP contribution is -2.46. The molecule has 24 heavy (non-hydrogen) atoms. The van der Waals surface area contributed by atoms with Gasteiger partial charge in [0.1, 0.15) is 5.69 Å². The van der Waals surface area contributed by atoms with Crippen LogP contribution in [0.1, 0.15) is 10.4 Å². The summed E-state index contributed by atoms with van der Waals surface area (Å²) in [4.78, 5) is 12.2. The van der Waals surface area contributed by atoms with Crippen LogP contribution in [-0.4, -0.2) is 33.0 Å². The molecule has 0 aliphatic carbocycles. The Balaban J connectivity index is 2.21. The second kappa shape index (κ2) is 6.70. The minimum atomic E-state index is -4.59. The highest BCUT2D eigenvalue weighted by atomic mass is 35.5. The van der Waals surface area contributed by atoms with Gasteiger partial charge in [-0.15, -0.1) is 0 Å². The predicted molar refractivity (Wildman–Crippen MR) is 94.2 cm³/mol. The van der Waals surface area contributed by atoms with E-state index in [1.807, 2.05) is 0 Å². The molecule has 1 N–H and O–H groups in total. The van der Waals surface area contributed by atoms with Crippen molar-refractivity contribution < 1.29 is 17.8 Å². The number of anilines is 1. The van der Waals surface area contributed by atoms with Gasteiger partial charge in [0, 0.05) is 23.4 Å². The van der Waals surface area contributed by atoms with E-state index in [9.17, 15) is 17.8 Å². The van der Waals surface area contributed by atoms with Gasteiger partial charge in [-0.05, 0) is 30.3 Å². The highest BCUT2D eigenvalue weighted by molar-refractivity contribution is 7.85. The van der Waals surface area contributed by atoms with E-state index < -0.39 is 20.1 Å². The first kappa shape index (κ1) is 18.7. The maximum atomic E-state index is 12.2. The Morgan fingerprint density at radius 3 is 2.12 bits per heavy atom. The van der Waals surface area contributed by atoms with Crippen LogP contribution >= 0.6 is 23.2 Å². The Kier molecular flexibility index (Phi) is 5.22. The van der Waals surface area contributed by atoms with Crippen LogP contribution in [0.5, 0.6) is 0 Å². The summed E-state index contributed by atoms with van der Waals surface area (Å²) in [7, 11) is -2.07. The van der Waals surface area contributed by atoms with Crippen LogP contribution in [0.25, 0.3) is 0 Å². The van der Waals surface area contributed by atoms with Gasteiger partial charge < -0.3 is 9.87 Å². The summed E-state index contributed by atoms with van der Waals surface area (Å²) in [6.45, 7) is 0. The number of hydrogen-bond donors (Lipinski definition) is 1. The molecule has 0 spiro atoms. The van der Waals surface area contributed by atoms with Gasteiger partial charge in [0.2, 0.25) is 0 Å². The Hall–Kier alpha value is -1.64. The number of benzene rings is 2. The molecule has 0 heterocycles. The van der Waals surface area contributed by atoms with Gasteiger partial charge in [-0.25, -0.2) is 3.89 Å². The number of halogens is 2. The van der Waals surface area contributed by atoms with E-state index in [0.717, 1.165) is 0 Å². The third kappa shape index (κ3) is 3.88. The molecule has 0 aliphatic rings. The zero-order valence-electron chi connectivity index (χ0n) is 12.8. The maximum Gasteiger partial charge on any atom is 0.258 e. The lowest BCUT2D eigenvalue weighted by atomic mass is 10.2. The van der Waals surface area contributed by atoms with Crippen LogP contribution in [-0.2, 0) is 10.3 Å². The summed E-state index contributed by atoms with van der Waals surface area (Å²) in [5, 5.41) is 3.33. The second-order valence-electron chi connectivity index (χ2n) is 5.41. The van der Waals surface area contributed by atoms with Crippen molar-refractivity contribution in [1.29, 1.82) is 0 Å². The van der Waals surface area contributed by atoms with Gasteiger partial charge in [0.05, 0.1) is 24.1 Å². The second-order valence-corrected chi connectivity index (χ2v) is 7.99. The quantitative estimate of drug-likeness (QED) is 0.642. The zero-order chi connectivity index (χ0) is 18.1. The standard InChI is InChI=1S/C15H14Cl2N2O4S/c1-19(2,24(21,22)23)12-6-3-10(4-7-12)15(20)18-11-5-8-13(16)14(17)9-11/h3-9H,1-2H3,(H-,18,20,21,22,23). The summed E-state index contributed by atoms with van der Waals surface area (Å²) in [5.41, 5.74) is 1.01. The number of rotatable bonds is 4. The van der Waals surface area contributed by atoms with E-state index in [1.165, 1.54) is 44.4 Å². The van der Waals surface area contributed by atoms with Gasteiger partial charge in [0.25, 0.3) is 16.2 Å². The van der Waals surface area contributed by atoms with E-state index in [-0.39, 0.29) is 5.69 Å². The van der Waals surface area contributed by atoms with Gasteiger partial charge in [0.15, 0.2) is 0 Å². The van der Waals surface area contributed by atoms with Crippen LogP contribution < -0.4 is 9.21 Å². The van der Waals surface area contributed by atoms with Crippen LogP contribution in [0.15, 0.2) is 42.5 Å². The molecule has 2 rings (SSSR count). The zero-order valence-corrected chi connectivity index (χ0v) is 15.1.